The molecule has 0 atom stereocenters. The first kappa shape index (κ1) is 24.1. The number of nitrogens with zero attached hydrogens (tertiary/aromatic N) is 5. The van der Waals surface area contributed by atoms with Gasteiger partial charge in [0, 0.05) is 17.1 Å². The lowest BCUT2D eigenvalue weighted by atomic mass is 10.1. The summed E-state index contributed by atoms with van der Waals surface area (Å²) < 4.78 is 29.9. The lowest BCUT2D eigenvalue weighted by Gasteiger charge is -2.17. The quantitative estimate of drug-likeness (QED) is 0.212. The molecule has 0 spiro atoms. The van der Waals surface area contributed by atoms with E-state index < -0.39 is 5.82 Å². The molecular formula is C25H23FN6O2S2. The van der Waals surface area contributed by atoms with Crippen molar-refractivity contribution in [2.24, 2.45) is 0 Å². The summed E-state index contributed by atoms with van der Waals surface area (Å²) in [5.41, 5.74) is 2.89. The summed E-state index contributed by atoms with van der Waals surface area (Å²) in [7, 11) is 3.21. The molecule has 8 nitrogen and oxygen atoms in total. The van der Waals surface area contributed by atoms with Crippen LogP contribution in [0.3, 0.4) is 0 Å². The number of halogens is 1. The van der Waals surface area contributed by atoms with Crippen LogP contribution >= 0.6 is 23.3 Å². The lowest BCUT2D eigenvalue weighted by Crippen LogP contribution is -2.07. The second-order valence-corrected chi connectivity index (χ2v) is 9.92. The number of aryl methyl sites for hydroxylation is 1. The Hall–Kier alpha value is -3.62. The zero-order valence-electron chi connectivity index (χ0n) is 19.7. The van der Waals surface area contributed by atoms with Crippen molar-refractivity contribution in [1.82, 2.24) is 19.7 Å². The Morgan fingerprint density at radius 3 is 2.67 bits per heavy atom. The summed E-state index contributed by atoms with van der Waals surface area (Å²) in [5, 5.41) is 21.0. The van der Waals surface area contributed by atoms with Crippen LogP contribution in [-0.4, -0.2) is 39.7 Å². The Bertz CT molecular complexity index is 1400. The van der Waals surface area contributed by atoms with Crippen molar-refractivity contribution in [1.29, 1.82) is 5.26 Å². The van der Waals surface area contributed by atoms with E-state index in [1.807, 2.05) is 22.8 Å². The summed E-state index contributed by atoms with van der Waals surface area (Å²) in [6.07, 6.45) is 2.92. The SMILES string of the molecule is COc1cccc(OC)c1-n1c(NSCCc2ccc(F)cc2C#N)nnc1-c1nc(C2CC2)cs1. The number of nitrogens with one attached hydrogen (secondary N) is 1. The first-order valence-corrected chi connectivity index (χ1v) is 13.2. The van der Waals surface area contributed by atoms with Crippen molar-refractivity contribution in [2.75, 3.05) is 24.7 Å². The standard InChI is InChI=1S/C25H23FN6O2S2/c1-33-20-4-3-5-21(34-2)22(20)32-23(24-28-19(14-35-24)16-6-7-16)29-30-25(32)31-36-11-10-15-8-9-18(26)12-17(15)13-27/h3-5,8-9,12,14,16H,6-7,10-11H2,1-2H3,(H,30,31). The molecule has 4 aromatic rings. The molecule has 2 aromatic heterocycles. The minimum Gasteiger partial charge on any atom is -0.494 e. The van der Waals surface area contributed by atoms with Gasteiger partial charge in [-0.05, 0) is 61.0 Å². The third-order valence-electron chi connectivity index (χ3n) is 5.83. The van der Waals surface area contributed by atoms with E-state index in [0.717, 1.165) is 16.3 Å². The van der Waals surface area contributed by atoms with Crippen molar-refractivity contribution < 1.29 is 13.9 Å². The summed E-state index contributed by atoms with van der Waals surface area (Å²) >= 11 is 2.95. The van der Waals surface area contributed by atoms with Crippen LogP contribution in [-0.2, 0) is 6.42 Å². The zero-order chi connectivity index (χ0) is 25.1. The number of anilines is 1. The monoisotopic (exact) mass is 522 g/mol. The Balaban J connectivity index is 1.45. The van der Waals surface area contributed by atoms with E-state index in [4.69, 9.17) is 14.5 Å². The highest BCUT2D eigenvalue weighted by molar-refractivity contribution is 8.00. The average molecular weight is 523 g/mol. The van der Waals surface area contributed by atoms with Crippen LogP contribution in [0.25, 0.3) is 16.5 Å². The number of para-hydroxylation sites is 1. The van der Waals surface area contributed by atoms with Gasteiger partial charge in [0.05, 0.1) is 31.5 Å². The van der Waals surface area contributed by atoms with Crippen LogP contribution in [0.4, 0.5) is 10.3 Å². The minimum atomic E-state index is -0.417. The third-order valence-corrected chi connectivity index (χ3v) is 7.42. The number of hydrogen-bond acceptors (Lipinski definition) is 9. The lowest BCUT2D eigenvalue weighted by molar-refractivity contribution is 0.391. The van der Waals surface area contributed by atoms with E-state index in [2.05, 4.69) is 26.4 Å². The van der Waals surface area contributed by atoms with Crippen LogP contribution in [0.1, 0.15) is 35.6 Å². The van der Waals surface area contributed by atoms with Gasteiger partial charge >= 0.3 is 0 Å². The highest BCUT2D eigenvalue weighted by atomic mass is 32.2. The van der Waals surface area contributed by atoms with E-state index in [9.17, 15) is 9.65 Å². The molecule has 2 heterocycles. The molecule has 1 aliphatic carbocycles. The summed E-state index contributed by atoms with van der Waals surface area (Å²) in [6, 6.07) is 11.9. The predicted molar refractivity (Wildman–Crippen MR) is 138 cm³/mol. The smallest absolute Gasteiger partial charge is 0.239 e. The molecule has 0 saturated heterocycles. The zero-order valence-corrected chi connectivity index (χ0v) is 21.3. The van der Waals surface area contributed by atoms with Crippen molar-refractivity contribution in [3.05, 3.63) is 64.4 Å². The molecule has 184 valence electrons. The van der Waals surface area contributed by atoms with Crippen molar-refractivity contribution in [3.8, 4) is 34.1 Å². The van der Waals surface area contributed by atoms with Gasteiger partial charge in [0.1, 0.15) is 23.0 Å². The first-order chi connectivity index (χ1) is 17.6. The topological polar surface area (TPSA) is 97.9 Å². The van der Waals surface area contributed by atoms with Gasteiger partial charge in [-0.3, -0.25) is 9.29 Å². The maximum absolute atomic E-state index is 13.5. The van der Waals surface area contributed by atoms with E-state index >= 15 is 0 Å². The number of benzene rings is 2. The maximum Gasteiger partial charge on any atom is 0.239 e. The number of methoxy groups -OCH3 is 2. The fraction of sp³-hybridized carbons (Fsp3) is 0.280. The van der Waals surface area contributed by atoms with Gasteiger partial charge in [-0.2, -0.15) is 5.26 Å². The van der Waals surface area contributed by atoms with Crippen molar-refractivity contribution in [3.63, 3.8) is 0 Å². The van der Waals surface area contributed by atoms with E-state index in [-0.39, 0.29) is 0 Å². The molecule has 1 aliphatic rings. The maximum atomic E-state index is 13.5. The summed E-state index contributed by atoms with van der Waals surface area (Å²) in [5.74, 6) is 3.02. The minimum absolute atomic E-state index is 0.343. The van der Waals surface area contributed by atoms with Gasteiger partial charge in [0.15, 0.2) is 10.8 Å². The molecule has 0 amide bonds. The molecule has 11 heteroatoms. The van der Waals surface area contributed by atoms with Crippen LogP contribution in [0, 0.1) is 17.1 Å². The van der Waals surface area contributed by atoms with Crippen molar-refractivity contribution in [2.45, 2.75) is 25.2 Å². The van der Waals surface area contributed by atoms with E-state index in [1.54, 1.807) is 20.3 Å². The third kappa shape index (κ3) is 4.87. The second kappa shape index (κ2) is 10.6. The molecule has 1 fully saturated rings. The van der Waals surface area contributed by atoms with Gasteiger partial charge in [-0.25, -0.2) is 9.37 Å². The number of nitriles is 1. The molecule has 0 unspecified atom stereocenters. The molecule has 36 heavy (non-hydrogen) atoms. The van der Waals surface area contributed by atoms with E-state index in [0.29, 0.717) is 52.6 Å². The Labute approximate surface area is 216 Å². The Morgan fingerprint density at radius 1 is 1.19 bits per heavy atom. The predicted octanol–water partition coefficient (Wildman–Crippen LogP) is 5.60. The molecule has 1 saturated carbocycles. The Morgan fingerprint density at radius 2 is 1.97 bits per heavy atom. The number of ether oxygens (including phenoxy) is 2. The summed E-state index contributed by atoms with van der Waals surface area (Å²) in [4.78, 5) is 4.83. The number of hydrogen-bond donors (Lipinski definition) is 1. The average Bonchev–Trinajstić information content (AvgIpc) is 3.49. The first-order valence-electron chi connectivity index (χ1n) is 11.3. The molecule has 0 aliphatic heterocycles. The molecular weight excluding hydrogens is 499 g/mol. The molecule has 2 aromatic carbocycles. The van der Waals surface area contributed by atoms with Crippen LogP contribution in [0.5, 0.6) is 11.5 Å². The van der Waals surface area contributed by atoms with E-state index in [1.165, 1.54) is 48.3 Å². The molecule has 0 radical (unpaired) electrons. The number of aromatic nitrogens is 4. The van der Waals surface area contributed by atoms with Gasteiger partial charge in [0.25, 0.3) is 0 Å². The van der Waals surface area contributed by atoms with Crippen LogP contribution in [0.15, 0.2) is 41.8 Å². The molecule has 0 bridgehead atoms. The highest BCUT2D eigenvalue weighted by Crippen LogP contribution is 2.43. The van der Waals surface area contributed by atoms with Gasteiger partial charge < -0.3 is 9.47 Å². The van der Waals surface area contributed by atoms with Gasteiger partial charge in [-0.15, -0.1) is 21.5 Å². The Kier molecular flexibility index (Phi) is 7.06. The van der Waals surface area contributed by atoms with Gasteiger partial charge in [0.2, 0.25) is 5.95 Å². The number of thiazole rings is 1. The van der Waals surface area contributed by atoms with Crippen molar-refractivity contribution >= 4 is 29.2 Å². The fourth-order valence-corrected chi connectivity index (χ4v) is 5.41. The largest absolute Gasteiger partial charge is 0.494 e. The normalized spacial score (nSPS) is 12.8. The second-order valence-electron chi connectivity index (χ2n) is 8.16. The van der Waals surface area contributed by atoms with Gasteiger partial charge in [-0.1, -0.05) is 12.1 Å². The highest BCUT2D eigenvalue weighted by Gasteiger charge is 2.29. The van der Waals surface area contributed by atoms with Crippen LogP contribution in [0.2, 0.25) is 0 Å². The van der Waals surface area contributed by atoms with Crippen LogP contribution < -0.4 is 14.2 Å². The number of rotatable bonds is 10. The fourth-order valence-electron chi connectivity index (χ4n) is 3.86. The molecule has 1 N–H and O–H groups in total. The molecule has 5 rings (SSSR count). The summed E-state index contributed by atoms with van der Waals surface area (Å²) in [6.45, 7) is 0.